The first-order valence-corrected chi connectivity index (χ1v) is 7.43. The Bertz CT molecular complexity index is 426. The number of nitrogens with two attached hydrogens (primary N) is 1. The highest BCUT2D eigenvalue weighted by molar-refractivity contribution is 5.74. The third-order valence-electron chi connectivity index (χ3n) is 4.31. The fraction of sp³-hybridized carbons (Fsp3) is 0.588. The molecule has 2 heteroatoms. The van der Waals surface area contributed by atoms with Crippen LogP contribution in [0.4, 0.5) is 0 Å². The number of primary amides is 1. The molecular formula is C17H25NO. The number of carbonyl (C=O) groups excluding carboxylic acids is 1. The third-order valence-corrected chi connectivity index (χ3v) is 4.31. The van der Waals surface area contributed by atoms with E-state index in [0.717, 1.165) is 0 Å². The number of benzene rings is 1. The number of hydrogen-bond acceptors (Lipinski definition) is 1. The Morgan fingerprint density at radius 2 is 1.74 bits per heavy atom. The molecule has 1 aromatic rings. The summed E-state index contributed by atoms with van der Waals surface area (Å²) in [6.45, 7) is 4.25. The van der Waals surface area contributed by atoms with E-state index in [-0.39, 0.29) is 5.91 Å². The van der Waals surface area contributed by atoms with Crippen molar-refractivity contribution >= 4 is 5.91 Å². The Morgan fingerprint density at radius 1 is 1.16 bits per heavy atom. The van der Waals surface area contributed by atoms with E-state index < -0.39 is 0 Å². The number of rotatable bonds is 4. The van der Waals surface area contributed by atoms with Gasteiger partial charge in [0.25, 0.3) is 0 Å². The van der Waals surface area contributed by atoms with Gasteiger partial charge < -0.3 is 5.73 Å². The SMILES string of the molecule is Cc1cc(C)cc(C(CC(N)=O)C2CCCCC2)c1. The molecule has 1 saturated carbocycles. The van der Waals surface area contributed by atoms with Crippen LogP contribution in [0, 0.1) is 19.8 Å². The fourth-order valence-corrected chi connectivity index (χ4v) is 3.53. The molecule has 1 aliphatic rings. The minimum atomic E-state index is -0.172. The number of hydrogen-bond donors (Lipinski definition) is 1. The predicted molar refractivity (Wildman–Crippen MR) is 79.0 cm³/mol. The lowest BCUT2D eigenvalue weighted by Gasteiger charge is -2.30. The van der Waals surface area contributed by atoms with Gasteiger partial charge in [-0.25, -0.2) is 0 Å². The summed E-state index contributed by atoms with van der Waals surface area (Å²) >= 11 is 0. The van der Waals surface area contributed by atoms with Crippen molar-refractivity contribution in [1.82, 2.24) is 0 Å². The standard InChI is InChI=1S/C17H25NO/c1-12-8-13(2)10-15(9-12)16(11-17(18)19)14-6-4-3-5-7-14/h8-10,14,16H,3-7,11H2,1-2H3,(H2,18,19). The topological polar surface area (TPSA) is 43.1 Å². The quantitative estimate of drug-likeness (QED) is 0.877. The number of aryl methyl sites for hydroxylation is 2. The summed E-state index contributed by atoms with van der Waals surface area (Å²) in [4.78, 5) is 11.4. The molecule has 1 aliphatic carbocycles. The molecule has 1 fully saturated rings. The van der Waals surface area contributed by atoms with Gasteiger partial charge in [-0.2, -0.15) is 0 Å². The molecule has 0 spiro atoms. The van der Waals surface area contributed by atoms with Crippen LogP contribution in [0.25, 0.3) is 0 Å². The lowest BCUT2D eigenvalue weighted by Crippen LogP contribution is -2.23. The Balaban J connectivity index is 2.27. The van der Waals surface area contributed by atoms with Crippen LogP contribution in [0.5, 0.6) is 0 Å². The molecule has 0 radical (unpaired) electrons. The zero-order chi connectivity index (χ0) is 13.8. The van der Waals surface area contributed by atoms with Crippen LogP contribution < -0.4 is 5.73 Å². The molecular weight excluding hydrogens is 234 g/mol. The molecule has 0 bridgehead atoms. The highest BCUT2D eigenvalue weighted by Gasteiger charge is 2.26. The van der Waals surface area contributed by atoms with Gasteiger partial charge in [-0.15, -0.1) is 0 Å². The second-order valence-corrected chi connectivity index (χ2v) is 6.10. The van der Waals surface area contributed by atoms with Crippen LogP contribution in [0.1, 0.15) is 61.1 Å². The van der Waals surface area contributed by atoms with Gasteiger partial charge in [-0.1, -0.05) is 48.6 Å². The van der Waals surface area contributed by atoms with Crippen molar-refractivity contribution < 1.29 is 4.79 Å². The summed E-state index contributed by atoms with van der Waals surface area (Å²) in [6, 6.07) is 6.65. The first-order chi connectivity index (χ1) is 9.06. The predicted octanol–water partition coefficient (Wildman–Crippen LogP) is 3.84. The van der Waals surface area contributed by atoms with E-state index in [2.05, 4.69) is 32.0 Å². The van der Waals surface area contributed by atoms with E-state index in [0.29, 0.717) is 18.3 Å². The van der Waals surface area contributed by atoms with Gasteiger partial charge in [-0.05, 0) is 44.1 Å². The smallest absolute Gasteiger partial charge is 0.218 e. The molecule has 0 heterocycles. The minimum absolute atomic E-state index is 0.172. The average Bonchev–Trinajstić information content (AvgIpc) is 2.35. The average molecular weight is 259 g/mol. The molecule has 2 nitrogen and oxygen atoms in total. The Kier molecular flexibility index (Phi) is 4.62. The highest BCUT2D eigenvalue weighted by Crippen LogP contribution is 2.38. The molecule has 2 rings (SSSR count). The van der Waals surface area contributed by atoms with E-state index in [1.165, 1.54) is 48.8 Å². The molecule has 0 aromatic heterocycles. The molecule has 0 aliphatic heterocycles. The van der Waals surface area contributed by atoms with Gasteiger partial charge in [0.15, 0.2) is 0 Å². The summed E-state index contributed by atoms with van der Waals surface area (Å²) < 4.78 is 0. The van der Waals surface area contributed by atoms with Crippen molar-refractivity contribution in [2.24, 2.45) is 11.7 Å². The third kappa shape index (κ3) is 3.82. The number of carbonyl (C=O) groups is 1. The monoisotopic (exact) mass is 259 g/mol. The van der Waals surface area contributed by atoms with Gasteiger partial charge in [0.1, 0.15) is 0 Å². The van der Waals surface area contributed by atoms with Gasteiger partial charge in [0.05, 0.1) is 0 Å². The Labute approximate surface area is 116 Å². The van der Waals surface area contributed by atoms with E-state index in [9.17, 15) is 4.79 Å². The molecule has 1 aromatic carbocycles. The van der Waals surface area contributed by atoms with E-state index >= 15 is 0 Å². The van der Waals surface area contributed by atoms with E-state index in [1.807, 2.05) is 0 Å². The van der Waals surface area contributed by atoms with Crippen molar-refractivity contribution in [2.75, 3.05) is 0 Å². The van der Waals surface area contributed by atoms with Gasteiger partial charge in [0, 0.05) is 6.42 Å². The maximum absolute atomic E-state index is 11.4. The lowest BCUT2D eigenvalue weighted by molar-refractivity contribution is -0.118. The molecule has 104 valence electrons. The summed E-state index contributed by atoms with van der Waals surface area (Å²) in [6.07, 6.45) is 6.91. The van der Waals surface area contributed by atoms with Crippen LogP contribution in [-0.2, 0) is 4.79 Å². The highest BCUT2D eigenvalue weighted by atomic mass is 16.1. The van der Waals surface area contributed by atoms with Gasteiger partial charge >= 0.3 is 0 Å². The lowest BCUT2D eigenvalue weighted by atomic mass is 9.75. The van der Waals surface area contributed by atoms with Gasteiger partial charge in [0.2, 0.25) is 5.91 Å². The maximum Gasteiger partial charge on any atom is 0.218 e. The molecule has 2 N–H and O–H groups in total. The first kappa shape index (κ1) is 14.1. The maximum atomic E-state index is 11.4. The normalized spacial score (nSPS) is 18.2. The van der Waals surface area contributed by atoms with Gasteiger partial charge in [-0.3, -0.25) is 4.79 Å². The zero-order valence-corrected chi connectivity index (χ0v) is 12.1. The molecule has 0 saturated heterocycles. The van der Waals surface area contributed by atoms with E-state index in [1.54, 1.807) is 0 Å². The Hall–Kier alpha value is -1.31. The summed E-state index contributed by atoms with van der Waals surface area (Å²) in [5.41, 5.74) is 9.34. The van der Waals surface area contributed by atoms with Crippen LogP contribution >= 0.6 is 0 Å². The largest absolute Gasteiger partial charge is 0.370 e. The molecule has 19 heavy (non-hydrogen) atoms. The first-order valence-electron chi connectivity index (χ1n) is 7.43. The Morgan fingerprint density at radius 3 is 2.26 bits per heavy atom. The van der Waals surface area contributed by atoms with Crippen molar-refractivity contribution in [3.63, 3.8) is 0 Å². The van der Waals surface area contributed by atoms with Crippen molar-refractivity contribution in [2.45, 2.75) is 58.3 Å². The van der Waals surface area contributed by atoms with Crippen LogP contribution in [0.15, 0.2) is 18.2 Å². The number of amides is 1. The second kappa shape index (κ2) is 6.23. The van der Waals surface area contributed by atoms with Crippen molar-refractivity contribution in [3.8, 4) is 0 Å². The van der Waals surface area contributed by atoms with Crippen LogP contribution in [0.2, 0.25) is 0 Å². The van der Waals surface area contributed by atoms with Crippen LogP contribution in [0.3, 0.4) is 0 Å². The summed E-state index contributed by atoms with van der Waals surface area (Å²) in [7, 11) is 0. The van der Waals surface area contributed by atoms with Crippen molar-refractivity contribution in [3.05, 3.63) is 34.9 Å². The zero-order valence-electron chi connectivity index (χ0n) is 12.1. The van der Waals surface area contributed by atoms with Crippen LogP contribution in [-0.4, -0.2) is 5.91 Å². The van der Waals surface area contributed by atoms with E-state index in [4.69, 9.17) is 5.73 Å². The molecule has 1 atom stereocenters. The summed E-state index contributed by atoms with van der Waals surface area (Å²) in [5, 5.41) is 0. The molecule has 1 unspecified atom stereocenters. The summed E-state index contributed by atoms with van der Waals surface area (Å²) in [5.74, 6) is 0.772. The molecule has 1 amide bonds. The minimum Gasteiger partial charge on any atom is -0.370 e. The second-order valence-electron chi connectivity index (χ2n) is 6.10. The van der Waals surface area contributed by atoms with Crippen molar-refractivity contribution in [1.29, 1.82) is 0 Å². The fourth-order valence-electron chi connectivity index (χ4n) is 3.53.